The van der Waals surface area contributed by atoms with E-state index in [1.54, 1.807) is 30.3 Å². The van der Waals surface area contributed by atoms with Crippen molar-refractivity contribution in [1.29, 1.82) is 0 Å². The summed E-state index contributed by atoms with van der Waals surface area (Å²) in [6.45, 7) is 0.0662. The molecule has 0 saturated carbocycles. The summed E-state index contributed by atoms with van der Waals surface area (Å²) >= 11 is 5.84. The second-order valence-corrected chi connectivity index (χ2v) is 9.31. The maximum Gasteiger partial charge on any atom is 0.272 e. The van der Waals surface area contributed by atoms with Gasteiger partial charge in [0.25, 0.3) is 5.91 Å². The highest BCUT2D eigenvalue weighted by molar-refractivity contribution is 7.89. The molecule has 7 nitrogen and oxygen atoms in total. The Labute approximate surface area is 184 Å². The molecule has 0 unspecified atom stereocenters. The summed E-state index contributed by atoms with van der Waals surface area (Å²) in [5.74, 6) is -0.836. The van der Waals surface area contributed by atoms with Crippen molar-refractivity contribution in [2.45, 2.75) is 24.2 Å². The quantitative estimate of drug-likeness (QED) is 0.528. The van der Waals surface area contributed by atoms with Crippen LogP contribution in [0.3, 0.4) is 0 Å². The van der Waals surface area contributed by atoms with Gasteiger partial charge >= 0.3 is 0 Å². The maximum absolute atomic E-state index is 14.2. The van der Waals surface area contributed by atoms with Crippen LogP contribution in [0.15, 0.2) is 53.4 Å². The molecule has 2 aromatic carbocycles. The van der Waals surface area contributed by atoms with Gasteiger partial charge in [-0.3, -0.25) is 4.79 Å². The minimum Gasteiger partial charge on any atom is -0.349 e. The molecular weight excluding hydrogens is 443 g/mol. The first kappa shape index (κ1) is 21.5. The van der Waals surface area contributed by atoms with E-state index >= 15 is 0 Å². The average Bonchev–Trinajstić information content (AvgIpc) is 3.34. The highest BCUT2D eigenvalue weighted by atomic mass is 35.5. The molecule has 0 saturated heterocycles. The SMILES string of the molecule is O=C(NCCNS(=O)(=O)c1cccc(Cl)c1)c1nn(-c2ccccc2F)c2c1CCC2. The van der Waals surface area contributed by atoms with Gasteiger partial charge in [0.1, 0.15) is 11.5 Å². The van der Waals surface area contributed by atoms with Crippen LogP contribution in [0.2, 0.25) is 5.02 Å². The Hall–Kier alpha value is -2.75. The molecule has 1 aromatic heterocycles. The Bertz CT molecular complexity index is 1240. The first-order valence-electron chi connectivity index (χ1n) is 9.76. The molecule has 0 atom stereocenters. The van der Waals surface area contributed by atoms with E-state index in [9.17, 15) is 17.6 Å². The van der Waals surface area contributed by atoms with Gasteiger partial charge in [-0.2, -0.15) is 5.10 Å². The summed E-state index contributed by atoms with van der Waals surface area (Å²) in [7, 11) is -3.74. The third-order valence-corrected chi connectivity index (χ3v) is 6.73. The molecule has 0 fully saturated rings. The van der Waals surface area contributed by atoms with Crippen LogP contribution in [0, 0.1) is 5.82 Å². The first-order valence-corrected chi connectivity index (χ1v) is 11.6. The summed E-state index contributed by atoms with van der Waals surface area (Å²) in [4.78, 5) is 12.7. The number of nitrogens with one attached hydrogen (secondary N) is 2. The molecule has 3 aromatic rings. The number of aromatic nitrogens is 2. The Kier molecular flexibility index (Phi) is 6.08. The number of halogens is 2. The van der Waals surface area contributed by atoms with Gasteiger partial charge in [-0.05, 0) is 49.6 Å². The normalized spacial score (nSPS) is 13.2. The number of carbonyl (C=O) groups excluding carboxylic acids is 1. The molecule has 10 heteroatoms. The van der Waals surface area contributed by atoms with Crippen molar-refractivity contribution >= 4 is 27.5 Å². The highest BCUT2D eigenvalue weighted by Gasteiger charge is 2.27. The van der Waals surface area contributed by atoms with Crippen LogP contribution in [-0.2, 0) is 22.9 Å². The monoisotopic (exact) mass is 462 g/mol. The zero-order valence-electron chi connectivity index (χ0n) is 16.4. The summed E-state index contributed by atoms with van der Waals surface area (Å²) in [6, 6.07) is 12.2. The van der Waals surface area contributed by atoms with Gasteiger partial charge in [-0.1, -0.05) is 29.8 Å². The lowest BCUT2D eigenvalue weighted by molar-refractivity contribution is 0.0948. The lowest BCUT2D eigenvalue weighted by Gasteiger charge is -2.08. The molecule has 1 aliphatic carbocycles. The number of para-hydroxylation sites is 1. The standard InChI is InChI=1S/C21H20ClFN4O3S/c22-14-5-3-6-15(13-14)31(29,30)25-12-11-24-21(28)20-16-7-4-10-18(16)27(26-20)19-9-2-1-8-17(19)23/h1-3,5-6,8-9,13,25H,4,7,10-12H2,(H,24,28). The molecular formula is C21H20ClFN4O3S. The van der Waals surface area contributed by atoms with Gasteiger partial charge in [0.05, 0.1) is 4.90 Å². The Balaban J connectivity index is 1.43. The van der Waals surface area contributed by atoms with Gasteiger partial charge < -0.3 is 5.32 Å². The van der Waals surface area contributed by atoms with Crippen molar-refractivity contribution in [3.8, 4) is 5.69 Å². The summed E-state index contributed by atoms with van der Waals surface area (Å²) in [5.41, 5.74) is 2.18. The lowest BCUT2D eigenvalue weighted by atomic mass is 10.2. The Morgan fingerprint density at radius 2 is 1.94 bits per heavy atom. The maximum atomic E-state index is 14.2. The molecule has 0 bridgehead atoms. The first-order chi connectivity index (χ1) is 14.9. The molecule has 0 radical (unpaired) electrons. The van der Waals surface area contributed by atoms with Gasteiger partial charge in [0.15, 0.2) is 5.69 Å². The molecule has 1 amide bonds. The van der Waals surface area contributed by atoms with Crippen molar-refractivity contribution in [1.82, 2.24) is 19.8 Å². The predicted octanol–water partition coefficient (Wildman–Crippen LogP) is 2.86. The molecule has 2 N–H and O–H groups in total. The second-order valence-electron chi connectivity index (χ2n) is 7.10. The Morgan fingerprint density at radius 3 is 2.71 bits per heavy atom. The van der Waals surface area contributed by atoms with E-state index in [0.717, 1.165) is 17.7 Å². The van der Waals surface area contributed by atoms with Crippen LogP contribution in [0.4, 0.5) is 4.39 Å². The van der Waals surface area contributed by atoms with Crippen molar-refractivity contribution in [2.75, 3.05) is 13.1 Å². The van der Waals surface area contributed by atoms with Crippen LogP contribution < -0.4 is 10.0 Å². The fraction of sp³-hybridized carbons (Fsp3) is 0.238. The number of carbonyl (C=O) groups is 1. The molecule has 162 valence electrons. The van der Waals surface area contributed by atoms with Crippen LogP contribution >= 0.6 is 11.6 Å². The fourth-order valence-corrected chi connectivity index (χ4v) is 4.94. The third-order valence-electron chi connectivity index (χ3n) is 5.03. The summed E-state index contributed by atoms with van der Waals surface area (Å²) in [6.07, 6.45) is 2.26. The van der Waals surface area contributed by atoms with Gasteiger partial charge in [-0.25, -0.2) is 22.2 Å². The molecule has 1 heterocycles. The lowest BCUT2D eigenvalue weighted by Crippen LogP contribution is -2.35. The fourth-order valence-electron chi connectivity index (χ4n) is 3.61. The Morgan fingerprint density at radius 1 is 1.13 bits per heavy atom. The number of nitrogens with zero attached hydrogens (tertiary/aromatic N) is 2. The minimum atomic E-state index is -3.74. The zero-order valence-corrected chi connectivity index (χ0v) is 18.0. The summed E-state index contributed by atoms with van der Waals surface area (Å²) < 4.78 is 42.8. The van der Waals surface area contributed by atoms with Gasteiger partial charge in [0.2, 0.25) is 10.0 Å². The van der Waals surface area contributed by atoms with Crippen molar-refractivity contribution in [2.24, 2.45) is 0 Å². The van der Waals surface area contributed by atoms with Gasteiger partial charge in [-0.15, -0.1) is 0 Å². The number of fused-ring (bicyclic) bond motifs is 1. The zero-order chi connectivity index (χ0) is 22.0. The third kappa shape index (κ3) is 4.48. The number of rotatable bonds is 7. The van der Waals surface area contributed by atoms with Crippen molar-refractivity contribution in [3.05, 3.63) is 76.3 Å². The molecule has 4 rings (SSSR count). The van der Waals surface area contributed by atoms with E-state index in [-0.39, 0.29) is 23.7 Å². The summed E-state index contributed by atoms with van der Waals surface area (Å²) in [5, 5.41) is 7.36. The number of hydrogen-bond donors (Lipinski definition) is 2. The number of benzene rings is 2. The smallest absolute Gasteiger partial charge is 0.272 e. The van der Waals surface area contributed by atoms with Crippen LogP contribution in [0.25, 0.3) is 5.69 Å². The highest BCUT2D eigenvalue weighted by Crippen LogP contribution is 2.28. The van der Waals surface area contributed by atoms with E-state index in [2.05, 4.69) is 15.1 Å². The predicted molar refractivity (Wildman–Crippen MR) is 115 cm³/mol. The molecule has 31 heavy (non-hydrogen) atoms. The van der Waals surface area contributed by atoms with Crippen molar-refractivity contribution < 1.29 is 17.6 Å². The van der Waals surface area contributed by atoms with Crippen molar-refractivity contribution in [3.63, 3.8) is 0 Å². The minimum absolute atomic E-state index is 0.00318. The molecule has 0 spiro atoms. The average molecular weight is 463 g/mol. The molecule has 0 aliphatic heterocycles. The number of hydrogen-bond acceptors (Lipinski definition) is 4. The van der Waals surface area contributed by atoms with E-state index in [1.165, 1.54) is 22.9 Å². The largest absolute Gasteiger partial charge is 0.349 e. The van der Waals surface area contributed by atoms with Crippen LogP contribution in [0.1, 0.15) is 28.2 Å². The van der Waals surface area contributed by atoms with Gasteiger partial charge in [0, 0.05) is 29.4 Å². The van der Waals surface area contributed by atoms with E-state index < -0.39 is 21.7 Å². The number of amides is 1. The second kappa shape index (κ2) is 8.78. The molecule has 1 aliphatic rings. The van der Waals surface area contributed by atoms with Crippen LogP contribution in [0.5, 0.6) is 0 Å². The van der Waals surface area contributed by atoms with E-state index in [4.69, 9.17) is 11.6 Å². The van der Waals surface area contributed by atoms with Crippen LogP contribution in [-0.4, -0.2) is 37.2 Å². The number of sulfonamides is 1. The van der Waals surface area contributed by atoms with E-state index in [1.807, 2.05) is 0 Å². The van der Waals surface area contributed by atoms with E-state index in [0.29, 0.717) is 23.6 Å². The topological polar surface area (TPSA) is 93.1 Å².